The summed E-state index contributed by atoms with van der Waals surface area (Å²) in [4.78, 5) is 70.7. The molecule has 12 nitrogen and oxygen atoms in total. The van der Waals surface area contributed by atoms with Gasteiger partial charge in [-0.1, -0.05) is 66.9 Å². The number of carbonyl (C=O) groups is 5. The average molecular weight is 731 g/mol. The zero-order valence-corrected chi connectivity index (χ0v) is 32.9. The van der Waals surface area contributed by atoms with Gasteiger partial charge in [-0.2, -0.15) is 0 Å². The molecule has 3 rings (SSSR count). The van der Waals surface area contributed by atoms with Gasteiger partial charge in [0.05, 0.1) is 17.0 Å². The fourth-order valence-corrected chi connectivity index (χ4v) is 8.48. The van der Waals surface area contributed by atoms with E-state index in [2.05, 4.69) is 47.6 Å². The molecule has 0 spiro atoms. The predicted octanol–water partition coefficient (Wildman–Crippen LogP) is 3.30. The van der Waals surface area contributed by atoms with Gasteiger partial charge < -0.3 is 26.2 Å². The van der Waals surface area contributed by atoms with Crippen LogP contribution in [0, 0.1) is 40.4 Å². The Morgan fingerprint density at radius 3 is 2.27 bits per heavy atom. The van der Waals surface area contributed by atoms with Crippen molar-refractivity contribution >= 4 is 40.5 Å². The largest absolute Gasteiger partial charge is 0.346 e. The number of Topliss-reactive ketones (excluding diaryl/α,β-unsaturated/α-hetero) is 1. The predicted molar refractivity (Wildman–Crippen MR) is 200 cm³/mol. The van der Waals surface area contributed by atoms with Crippen LogP contribution < -0.4 is 21.3 Å². The van der Waals surface area contributed by atoms with Crippen LogP contribution in [0.3, 0.4) is 0 Å². The highest BCUT2D eigenvalue weighted by molar-refractivity contribution is 7.81. The average Bonchev–Trinajstić information content (AvgIpc) is 3.59. The molecular formula is C38H62N6O6S. The van der Waals surface area contributed by atoms with Gasteiger partial charge in [0.25, 0.3) is 5.91 Å². The molecule has 286 valence electrons. The summed E-state index contributed by atoms with van der Waals surface area (Å²) in [5.41, 5.74) is -1.08. The van der Waals surface area contributed by atoms with Gasteiger partial charge in [-0.05, 0) is 67.2 Å². The maximum atomic E-state index is 15.0. The van der Waals surface area contributed by atoms with E-state index in [0.717, 1.165) is 44.9 Å². The van der Waals surface area contributed by atoms with E-state index in [1.807, 2.05) is 27.7 Å². The fraction of sp³-hybridized carbons (Fsp3) is 0.763. The lowest BCUT2D eigenvalue weighted by Gasteiger charge is -2.43. The number of hydrogen-bond acceptors (Lipinski definition) is 6. The molecule has 3 fully saturated rings. The summed E-state index contributed by atoms with van der Waals surface area (Å²) in [6.07, 6.45) is 14.7. The molecule has 0 aromatic heterocycles. The minimum Gasteiger partial charge on any atom is -0.346 e. The SMILES string of the molecule is C#CCCC(NC(=O)[C@@H]1[C@H]2CCC(C)(C)[C@H]2CN1C(=O)[C@@H](NC(=O)N[C@H](CN(C)S(C)=O)C(C)(C)C)C1(C)CCCCC1)C(=O)C(=O)NCC=C. The number of nitrogens with zero attached hydrogens (tertiary/aromatic N) is 2. The van der Waals surface area contributed by atoms with Crippen molar-refractivity contribution in [2.45, 2.75) is 123 Å². The second kappa shape index (κ2) is 17.5. The smallest absolute Gasteiger partial charge is 0.315 e. The first-order valence-electron chi connectivity index (χ1n) is 18.4. The maximum Gasteiger partial charge on any atom is 0.315 e. The van der Waals surface area contributed by atoms with Crippen LogP contribution in [-0.4, -0.2) is 100 Å². The highest BCUT2D eigenvalue weighted by atomic mass is 32.2. The number of likely N-dealkylation sites (N-methyl/N-ethyl adjacent to an activating group) is 1. The Kier molecular flexibility index (Phi) is 14.5. The van der Waals surface area contributed by atoms with Gasteiger partial charge in [0, 0.05) is 38.4 Å². The van der Waals surface area contributed by atoms with Crippen molar-refractivity contribution in [3.63, 3.8) is 0 Å². The van der Waals surface area contributed by atoms with Crippen LogP contribution >= 0.6 is 0 Å². The summed E-state index contributed by atoms with van der Waals surface area (Å²) in [5, 5.41) is 11.4. The molecule has 0 aromatic carbocycles. The van der Waals surface area contributed by atoms with Crippen LogP contribution in [0.1, 0.15) is 99.3 Å². The normalized spacial score (nSPS) is 24.6. The number of ketones is 1. The van der Waals surface area contributed by atoms with Gasteiger partial charge in [0.15, 0.2) is 0 Å². The van der Waals surface area contributed by atoms with Crippen LogP contribution in [0.4, 0.5) is 4.79 Å². The Hall–Kier alpha value is -3.24. The number of rotatable bonds is 15. The second-order valence-corrected chi connectivity index (χ2v) is 18.3. The van der Waals surface area contributed by atoms with Crippen LogP contribution in [0.15, 0.2) is 12.7 Å². The number of nitrogens with one attached hydrogen (secondary N) is 4. The van der Waals surface area contributed by atoms with E-state index in [1.54, 1.807) is 22.5 Å². The minimum atomic E-state index is -1.24. The van der Waals surface area contributed by atoms with E-state index >= 15 is 0 Å². The number of terminal acetylenes is 1. The van der Waals surface area contributed by atoms with Gasteiger partial charge in [0.2, 0.25) is 17.6 Å². The van der Waals surface area contributed by atoms with E-state index in [-0.39, 0.29) is 54.0 Å². The molecule has 4 N–H and O–H groups in total. The van der Waals surface area contributed by atoms with Gasteiger partial charge in [-0.3, -0.25) is 19.2 Å². The van der Waals surface area contributed by atoms with E-state index in [1.165, 1.54) is 6.08 Å². The third kappa shape index (κ3) is 10.4. The number of fused-ring (bicyclic) bond motifs is 1. The molecule has 2 aliphatic carbocycles. The van der Waals surface area contributed by atoms with Crippen molar-refractivity contribution < 1.29 is 28.2 Å². The molecule has 1 heterocycles. The van der Waals surface area contributed by atoms with E-state index in [4.69, 9.17) is 6.42 Å². The van der Waals surface area contributed by atoms with Crippen molar-refractivity contribution in [3.8, 4) is 12.3 Å². The lowest BCUT2D eigenvalue weighted by atomic mass is 9.70. The van der Waals surface area contributed by atoms with E-state index in [9.17, 15) is 28.2 Å². The molecule has 13 heteroatoms. The van der Waals surface area contributed by atoms with Crippen LogP contribution in [0.2, 0.25) is 0 Å². The lowest BCUT2D eigenvalue weighted by Crippen LogP contribution is -2.63. The van der Waals surface area contributed by atoms with Gasteiger partial charge >= 0.3 is 6.03 Å². The summed E-state index contributed by atoms with van der Waals surface area (Å²) >= 11 is 0. The first kappa shape index (κ1) is 42.2. The highest BCUT2D eigenvalue weighted by Gasteiger charge is 2.58. The summed E-state index contributed by atoms with van der Waals surface area (Å²) in [5.74, 6) is -0.129. The van der Waals surface area contributed by atoms with E-state index < -0.39 is 58.2 Å². The molecule has 51 heavy (non-hydrogen) atoms. The Morgan fingerprint density at radius 1 is 1.06 bits per heavy atom. The molecule has 2 saturated carbocycles. The fourth-order valence-electron chi connectivity index (χ4n) is 8.13. The zero-order valence-electron chi connectivity index (χ0n) is 32.1. The molecule has 2 unspecified atom stereocenters. The Labute approximate surface area is 308 Å². The second-order valence-electron chi connectivity index (χ2n) is 16.8. The third-order valence-corrected chi connectivity index (χ3v) is 12.6. The number of amides is 5. The molecule has 7 atom stereocenters. The van der Waals surface area contributed by atoms with Crippen LogP contribution in [0.25, 0.3) is 0 Å². The first-order valence-corrected chi connectivity index (χ1v) is 19.9. The monoisotopic (exact) mass is 730 g/mol. The van der Waals surface area contributed by atoms with Crippen molar-refractivity contribution in [3.05, 3.63) is 12.7 Å². The quantitative estimate of drug-likeness (QED) is 0.115. The molecule has 0 bridgehead atoms. The number of carbonyl (C=O) groups excluding carboxylic acids is 5. The first-order chi connectivity index (χ1) is 23.8. The van der Waals surface area contributed by atoms with Crippen molar-refractivity contribution in [1.29, 1.82) is 0 Å². The Balaban J connectivity index is 1.98. The summed E-state index contributed by atoms with van der Waals surface area (Å²) in [6.45, 7) is 16.7. The summed E-state index contributed by atoms with van der Waals surface area (Å²) in [7, 11) is 0.499. The summed E-state index contributed by atoms with van der Waals surface area (Å²) < 4.78 is 13.8. The Bertz CT molecular complexity index is 1380. The molecule has 3 aliphatic rings. The minimum absolute atomic E-state index is 0.0253. The number of hydrogen-bond donors (Lipinski definition) is 4. The topological polar surface area (TPSA) is 157 Å². The molecular weight excluding hydrogens is 669 g/mol. The maximum absolute atomic E-state index is 15.0. The van der Waals surface area contributed by atoms with E-state index in [0.29, 0.717) is 13.1 Å². The molecule has 0 aromatic rings. The molecule has 0 radical (unpaired) electrons. The van der Waals surface area contributed by atoms with Crippen molar-refractivity contribution in [1.82, 2.24) is 30.5 Å². The lowest BCUT2D eigenvalue weighted by molar-refractivity contribution is -0.145. The molecule has 5 amide bonds. The number of likely N-dealkylation sites (tertiary alicyclic amines) is 1. The third-order valence-electron chi connectivity index (χ3n) is 11.6. The van der Waals surface area contributed by atoms with Crippen LogP contribution in [-0.2, 0) is 30.2 Å². The standard InChI is InChI=1S/C38H62N6O6S/c1-11-13-17-27(30(45)33(47)39-22-12-2)40-32(46)29-25-18-21-37(6,7)26(25)23-44(29)34(48)31(38(8)19-15-14-16-20-38)42-35(49)41-28(36(3,4)5)24-43(9)51(10)50/h1,12,25-29,31H,2,13-24H2,3-10H3,(H,39,47)(H,40,46)(H2,41,42,49)/t25-,26-,27?,28+,29-,31+,51?/m0/s1. The van der Waals surface area contributed by atoms with Gasteiger partial charge in [-0.15, -0.1) is 18.9 Å². The Morgan fingerprint density at radius 2 is 1.71 bits per heavy atom. The van der Waals surface area contributed by atoms with Gasteiger partial charge in [0.1, 0.15) is 12.1 Å². The summed E-state index contributed by atoms with van der Waals surface area (Å²) in [6, 6.07) is -3.85. The molecule has 1 aliphatic heterocycles. The van der Waals surface area contributed by atoms with Crippen molar-refractivity contribution in [2.24, 2.45) is 28.1 Å². The van der Waals surface area contributed by atoms with Gasteiger partial charge in [-0.25, -0.2) is 13.3 Å². The number of urea groups is 1. The van der Waals surface area contributed by atoms with Crippen LogP contribution in [0.5, 0.6) is 0 Å². The zero-order chi connectivity index (χ0) is 38.3. The highest BCUT2D eigenvalue weighted by Crippen LogP contribution is 2.53. The van der Waals surface area contributed by atoms with Crippen molar-refractivity contribution in [2.75, 3.05) is 32.9 Å². The molecule has 1 saturated heterocycles.